The van der Waals surface area contributed by atoms with Crippen LogP contribution in [0.5, 0.6) is 5.75 Å². The maximum absolute atomic E-state index is 13.3. The van der Waals surface area contributed by atoms with Crippen LogP contribution < -0.4 is 21.3 Å². The molecule has 1 aromatic heterocycles. The summed E-state index contributed by atoms with van der Waals surface area (Å²) in [5.74, 6) is -1.56. The monoisotopic (exact) mass is 413 g/mol. The smallest absolute Gasteiger partial charge is 0.262 e. The number of benzene rings is 2. The molecule has 0 atom stereocenters. The van der Waals surface area contributed by atoms with Gasteiger partial charge in [-0.05, 0) is 35.9 Å². The Balaban J connectivity index is 1.67. The van der Waals surface area contributed by atoms with Gasteiger partial charge < -0.3 is 10.5 Å². The van der Waals surface area contributed by atoms with E-state index in [4.69, 9.17) is 22.1 Å². The third-order valence-electron chi connectivity index (χ3n) is 4.41. The Morgan fingerprint density at radius 3 is 2.59 bits per heavy atom. The Bertz CT molecular complexity index is 1240. The van der Waals surface area contributed by atoms with Crippen LogP contribution in [0.3, 0.4) is 0 Å². The molecular formula is C20H13ClFN3O4. The quantitative estimate of drug-likeness (QED) is 0.640. The molecule has 0 aliphatic carbocycles. The van der Waals surface area contributed by atoms with Gasteiger partial charge in [-0.15, -0.1) is 0 Å². The fourth-order valence-electron chi connectivity index (χ4n) is 3.08. The first-order valence-electron chi connectivity index (χ1n) is 8.43. The number of hydrogen-bond donors (Lipinski definition) is 2. The molecule has 0 spiro atoms. The number of carbonyl (C=O) groups excluding carboxylic acids is 2. The number of pyridine rings is 1. The number of anilines is 1. The van der Waals surface area contributed by atoms with Gasteiger partial charge in [-0.1, -0.05) is 23.7 Å². The van der Waals surface area contributed by atoms with Crippen molar-refractivity contribution in [3.8, 4) is 11.4 Å². The molecule has 4 rings (SSSR count). The molecule has 2 aromatic carbocycles. The number of aromatic nitrogens is 1. The molecule has 0 fully saturated rings. The summed E-state index contributed by atoms with van der Waals surface area (Å²) < 4.78 is 20.0. The summed E-state index contributed by atoms with van der Waals surface area (Å²) in [6, 6.07) is 11.5. The van der Waals surface area contributed by atoms with E-state index >= 15 is 0 Å². The van der Waals surface area contributed by atoms with Gasteiger partial charge in [0.15, 0.2) is 0 Å². The van der Waals surface area contributed by atoms with Crippen LogP contribution >= 0.6 is 11.6 Å². The summed E-state index contributed by atoms with van der Waals surface area (Å²) in [5.41, 5.74) is 6.21. The second-order valence-electron chi connectivity index (χ2n) is 6.31. The molecule has 0 radical (unpaired) electrons. The van der Waals surface area contributed by atoms with Gasteiger partial charge in [0.1, 0.15) is 24.0 Å². The summed E-state index contributed by atoms with van der Waals surface area (Å²) in [6.07, 6.45) is 0. The number of carbonyl (C=O) groups is 2. The fourth-order valence-corrected chi connectivity index (χ4v) is 3.31. The van der Waals surface area contributed by atoms with Crippen molar-refractivity contribution in [1.82, 2.24) is 9.88 Å². The number of imide groups is 1. The molecule has 0 bridgehead atoms. The molecule has 146 valence electrons. The number of halogens is 2. The summed E-state index contributed by atoms with van der Waals surface area (Å²) in [7, 11) is 0. The van der Waals surface area contributed by atoms with Gasteiger partial charge in [0, 0.05) is 6.07 Å². The lowest BCUT2D eigenvalue weighted by molar-refractivity contribution is 0.0880. The lowest BCUT2D eigenvalue weighted by Gasteiger charge is -2.14. The molecule has 9 heteroatoms. The van der Waals surface area contributed by atoms with E-state index in [1.54, 1.807) is 12.1 Å². The molecule has 7 nitrogen and oxygen atoms in total. The third-order valence-corrected chi connectivity index (χ3v) is 4.71. The second-order valence-corrected chi connectivity index (χ2v) is 6.72. The minimum absolute atomic E-state index is 0.0582. The Morgan fingerprint density at radius 2 is 1.86 bits per heavy atom. The third kappa shape index (κ3) is 3.34. The first-order valence-corrected chi connectivity index (χ1v) is 8.81. The predicted molar refractivity (Wildman–Crippen MR) is 104 cm³/mol. The van der Waals surface area contributed by atoms with Crippen molar-refractivity contribution in [1.29, 1.82) is 0 Å². The van der Waals surface area contributed by atoms with E-state index in [0.29, 0.717) is 17.0 Å². The summed E-state index contributed by atoms with van der Waals surface area (Å²) >= 11 is 6.26. The van der Waals surface area contributed by atoms with Gasteiger partial charge in [0.05, 0.1) is 21.8 Å². The fraction of sp³-hybridized carbons (Fsp3) is 0.0500. The Hall–Kier alpha value is -3.65. The van der Waals surface area contributed by atoms with Crippen molar-refractivity contribution in [3.63, 3.8) is 0 Å². The number of hydrogen-bond acceptors (Lipinski definition) is 5. The molecular weight excluding hydrogens is 401 g/mol. The lowest BCUT2D eigenvalue weighted by Crippen LogP contribution is -2.24. The van der Waals surface area contributed by atoms with E-state index in [1.165, 1.54) is 30.3 Å². The summed E-state index contributed by atoms with van der Waals surface area (Å²) in [5, 5.41) is 2.29. The number of nitrogens with one attached hydrogen (secondary N) is 1. The van der Waals surface area contributed by atoms with Crippen molar-refractivity contribution in [2.45, 2.75) is 6.61 Å². The van der Waals surface area contributed by atoms with Gasteiger partial charge in [-0.2, -0.15) is 0 Å². The van der Waals surface area contributed by atoms with Crippen LogP contribution in [0.2, 0.25) is 5.02 Å². The van der Waals surface area contributed by atoms with E-state index in [1.807, 2.05) is 0 Å². The second kappa shape index (κ2) is 7.06. The number of nitrogens with zero attached hydrogens (tertiary/aromatic N) is 1. The van der Waals surface area contributed by atoms with Crippen molar-refractivity contribution in [2.24, 2.45) is 0 Å². The number of amides is 2. The zero-order valence-corrected chi connectivity index (χ0v) is 15.5. The summed E-state index contributed by atoms with van der Waals surface area (Å²) in [4.78, 5) is 36.2. The van der Waals surface area contributed by atoms with E-state index in [2.05, 4.69) is 5.32 Å². The largest absolute Gasteiger partial charge is 0.487 e. The number of fused-ring (bicyclic) bond motifs is 1. The number of nitrogens with two attached hydrogens (primary N) is 1. The molecule has 3 N–H and O–H groups in total. The van der Waals surface area contributed by atoms with Crippen molar-refractivity contribution < 1.29 is 18.7 Å². The Morgan fingerprint density at radius 1 is 1.07 bits per heavy atom. The minimum atomic E-state index is -0.669. The van der Waals surface area contributed by atoms with Crippen LogP contribution in [-0.4, -0.2) is 16.4 Å². The molecule has 0 unspecified atom stereocenters. The van der Waals surface area contributed by atoms with Crippen molar-refractivity contribution in [2.75, 3.05) is 5.73 Å². The van der Waals surface area contributed by atoms with Crippen LogP contribution in [0, 0.1) is 5.82 Å². The predicted octanol–water partition coefficient (Wildman–Crippen LogP) is 2.67. The SMILES string of the molecule is Nc1c2c(cc(=O)n1-c1ccc(OCc3cccc(F)c3)c(Cl)c1)C(=O)NC2=O. The molecule has 2 heterocycles. The molecule has 3 aromatic rings. The highest BCUT2D eigenvalue weighted by atomic mass is 35.5. The number of ether oxygens (including phenoxy) is 1. The van der Waals surface area contributed by atoms with Crippen LogP contribution in [0.25, 0.3) is 5.69 Å². The van der Waals surface area contributed by atoms with Gasteiger partial charge in [0.2, 0.25) is 0 Å². The molecule has 0 saturated carbocycles. The van der Waals surface area contributed by atoms with Gasteiger partial charge in [0.25, 0.3) is 17.4 Å². The molecule has 1 aliphatic heterocycles. The Kier molecular flexibility index (Phi) is 4.56. The first kappa shape index (κ1) is 18.7. The normalized spacial score (nSPS) is 12.6. The molecule has 0 saturated heterocycles. The Labute approximate surface area is 168 Å². The first-order chi connectivity index (χ1) is 13.8. The van der Waals surface area contributed by atoms with Crippen LogP contribution in [0.4, 0.5) is 10.2 Å². The molecule has 1 aliphatic rings. The van der Waals surface area contributed by atoms with Crippen molar-refractivity contribution >= 4 is 29.2 Å². The summed E-state index contributed by atoms with van der Waals surface area (Å²) in [6.45, 7) is 0.0973. The van der Waals surface area contributed by atoms with E-state index in [-0.39, 0.29) is 34.4 Å². The zero-order chi connectivity index (χ0) is 20.7. The van der Waals surface area contributed by atoms with E-state index in [0.717, 1.165) is 10.6 Å². The number of rotatable bonds is 4. The average molecular weight is 414 g/mol. The van der Waals surface area contributed by atoms with Crippen LogP contribution in [-0.2, 0) is 6.61 Å². The zero-order valence-electron chi connectivity index (χ0n) is 14.7. The highest BCUT2D eigenvalue weighted by Gasteiger charge is 2.31. The molecule has 2 amide bonds. The average Bonchev–Trinajstić information content (AvgIpc) is 2.94. The maximum Gasteiger partial charge on any atom is 0.262 e. The standard InChI is InChI=1S/C20H13ClFN3O4/c21-14-7-12(4-5-15(14)29-9-10-2-1-3-11(22)6-10)25-16(26)8-13-17(18(25)23)20(28)24-19(13)27/h1-8H,9,23H2,(H,24,27,28). The maximum atomic E-state index is 13.3. The lowest BCUT2D eigenvalue weighted by atomic mass is 10.1. The van der Waals surface area contributed by atoms with E-state index < -0.39 is 17.4 Å². The van der Waals surface area contributed by atoms with E-state index in [9.17, 15) is 18.8 Å². The highest BCUT2D eigenvalue weighted by Crippen LogP contribution is 2.29. The highest BCUT2D eigenvalue weighted by molar-refractivity contribution is 6.32. The van der Waals surface area contributed by atoms with Gasteiger partial charge in [-0.3, -0.25) is 24.3 Å². The molecule has 29 heavy (non-hydrogen) atoms. The van der Waals surface area contributed by atoms with Gasteiger partial charge >= 0.3 is 0 Å². The van der Waals surface area contributed by atoms with Crippen molar-refractivity contribution in [3.05, 3.63) is 86.4 Å². The minimum Gasteiger partial charge on any atom is -0.487 e. The topological polar surface area (TPSA) is 103 Å². The van der Waals surface area contributed by atoms with Crippen LogP contribution in [0.1, 0.15) is 26.3 Å². The van der Waals surface area contributed by atoms with Crippen LogP contribution in [0.15, 0.2) is 53.3 Å². The number of nitrogen functional groups attached to an aromatic ring is 1. The van der Waals surface area contributed by atoms with Gasteiger partial charge in [-0.25, -0.2) is 4.39 Å².